The lowest BCUT2D eigenvalue weighted by Gasteiger charge is -2.21. The van der Waals surface area contributed by atoms with Crippen molar-refractivity contribution in [2.45, 2.75) is 29.9 Å². The summed E-state index contributed by atoms with van der Waals surface area (Å²) in [5.74, 6) is -0.227. The van der Waals surface area contributed by atoms with Crippen LogP contribution in [0, 0.1) is 0 Å². The number of rotatable bonds is 5. The molecule has 5 nitrogen and oxygen atoms in total. The summed E-state index contributed by atoms with van der Waals surface area (Å²) in [5, 5.41) is 2.56. The van der Waals surface area contributed by atoms with Crippen molar-refractivity contribution in [3.8, 4) is 0 Å². The number of aromatic nitrogens is 1. The van der Waals surface area contributed by atoms with E-state index >= 15 is 0 Å². The van der Waals surface area contributed by atoms with Crippen molar-refractivity contribution in [1.82, 2.24) is 15.2 Å². The quantitative estimate of drug-likeness (QED) is 0.762. The third-order valence-corrected chi connectivity index (χ3v) is 5.30. The molecule has 0 bridgehead atoms. The monoisotopic (exact) mass is 410 g/mol. The highest BCUT2D eigenvalue weighted by molar-refractivity contribution is 8.00. The fraction of sp³-hybridized carbons (Fsp3) is 0.368. The van der Waals surface area contributed by atoms with Gasteiger partial charge in [-0.2, -0.15) is 13.2 Å². The lowest BCUT2D eigenvalue weighted by atomic mass is 10.2. The molecule has 0 saturated carbocycles. The van der Waals surface area contributed by atoms with Gasteiger partial charge in [-0.15, -0.1) is 0 Å². The van der Waals surface area contributed by atoms with Gasteiger partial charge in [-0.1, -0.05) is 0 Å². The molecule has 2 heterocycles. The van der Waals surface area contributed by atoms with E-state index in [1.807, 2.05) is 6.07 Å². The Hall–Kier alpha value is -2.26. The van der Waals surface area contributed by atoms with Crippen LogP contribution in [0.25, 0.3) is 0 Å². The molecule has 1 aromatic heterocycles. The minimum Gasteiger partial charge on any atom is -0.357 e. The summed E-state index contributed by atoms with van der Waals surface area (Å²) in [7, 11) is 1.57. The SMILES string of the molecule is CNC(=O)c1cc(CN2CN(c3ccc(SC(F)(F)F)cc3)CC2C)ccn1. The summed E-state index contributed by atoms with van der Waals surface area (Å²) >= 11 is -0.107. The zero-order chi connectivity index (χ0) is 20.3. The normalized spacial score (nSPS) is 17.8. The highest BCUT2D eigenvalue weighted by Gasteiger charge is 2.30. The molecular formula is C19H21F3N4OS. The van der Waals surface area contributed by atoms with Crippen molar-refractivity contribution in [1.29, 1.82) is 0 Å². The fourth-order valence-electron chi connectivity index (χ4n) is 3.16. The molecule has 150 valence electrons. The zero-order valence-electron chi connectivity index (χ0n) is 15.5. The second-order valence-corrected chi connectivity index (χ2v) is 7.77. The fourth-order valence-corrected chi connectivity index (χ4v) is 3.70. The molecule has 1 N–H and O–H groups in total. The summed E-state index contributed by atoms with van der Waals surface area (Å²) in [6.45, 7) is 4.20. The van der Waals surface area contributed by atoms with Crippen molar-refractivity contribution in [3.63, 3.8) is 0 Å². The maximum absolute atomic E-state index is 12.5. The molecule has 3 rings (SSSR count). The Morgan fingerprint density at radius 1 is 1.29 bits per heavy atom. The molecule has 0 spiro atoms. The van der Waals surface area contributed by atoms with E-state index in [0.29, 0.717) is 18.9 Å². The minimum atomic E-state index is -4.28. The predicted octanol–water partition coefficient (Wildman–Crippen LogP) is 3.72. The lowest BCUT2D eigenvalue weighted by molar-refractivity contribution is -0.0328. The highest BCUT2D eigenvalue weighted by atomic mass is 32.2. The Morgan fingerprint density at radius 2 is 2.00 bits per heavy atom. The van der Waals surface area contributed by atoms with Crippen LogP contribution in [0.4, 0.5) is 18.9 Å². The van der Waals surface area contributed by atoms with Gasteiger partial charge >= 0.3 is 5.51 Å². The molecule has 2 aromatic rings. The van der Waals surface area contributed by atoms with Crippen molar-refractivity contribution in [2.75, 3.05) is 25.2 Å². The van der Waals surface area contributed by atoms with Crippen molar-refractivity contribution >= 4 is 23.4 Å². The number of halogens is 3. The van der Waals surface area contributed by atoms with E-state index in [9.17, 15) is 18.0 Å². The number of hydrogen-bond acceptors (Lipinski definition) is 5. The third kappa shape index (κ3) is 5.17. The average Bonchev–Trinajstić information content (AvgIpc) is 3.01. The number of thioether (sulfide) groups is 1. The number of amides is 1. The van der Waals surface area contributed by atoms with Gasteiger partial charge in [0, 0.05) is 43.0 Å². The molecule has 1 aromatic carbocycles. The van der Waals surface area contributed by atoms with E-state index < -0.39 is 5.51 Å². The summed E-state index contributed by atoms with van der Waals surface area (Å²) in [6.07, 6.45) is 1.62. The number of carbonyl (C=O) groups is 1. The molecule has 1 saturated heterocycles. The van der Waals surface area contributed by atoms with E-state index in [4.69, 9.17) is 0 Å². The van der Waals surface area contributed by atoms with E-state index in [1.165, 1.54) is 12.1 Å². The number of benzene rings is 1. The number of hydrogen-bond donors (Lipinski definition) is 1. The van der Waals surface area contributed by atoms with E-state index in [-0.39, 0.29) is 28.6 Å². The van der Waals surface area contributed by atoms with E-state index in [0.717, 1.165) is 17.8 Å². The number of alkyl halides is 3. The van der Waals surface area contributed by atoms with Gasteiger partial charge in [0.05, 0.1) is 6.67 Å². The predicted molar refractivity (Wildman–Crippen MR) is 103 cm³/mol. The van der Waals surface area contributed by atoms with Gasteiger partial charge in [-0.05, 0) is 60.6 Å². The Balaban J connectivity index is 1.65. The number of pyridine rings is 1. The first kappa shape index (κ1) is 20.5. The molecule has 1 fully saturated rings. The van der Waals surface area contributed by atoms with Crippen LogP contribution in [0.1, 0.15) is 23.0 Å². The molecule has 1 atom stereocenters. The van der Waals surface area contributed by atoms with Crippen molar-refractivity contribution < 1.29 is 18.0 Å². The number of anilines is 1. The van der Waals surface area contributed by atoms with Crippen LogP contribution in [0.3, 0.4) is 0 Å². The minimum absolute atomic E-state index is 0.107. The summed E-state index contributed by atoms with van der Waals surface area (Å²) < 4.78 is 37.4. The van der Waals surface area contributed by atoms with Crippen LogP contribution in [-0.2, 0) is 6.54 Å². The molecule has 1 aliphatic rings. The zero-order valence-corrected chi connectivity index (χ0v) is 16.3. The van der Waals surface area contributed by atoms with Crippen molar-refractivity contribution in [3.05, 3.63) is 53.9 Å². The Labute approximate surface area is 165 Å². The topological polar surface area (TPSA) is 48.5 Å². The number of nitrogens with one attached hydrogen (secondary N) is 1. The van der Waals surface area contributed by atoms with Crippen LogP contribution in [-0.4, -0.2) is 47.6 Å². The van der Waals surface area contributed by atoms with Crippen LogP contribution < -0.4 is 10.2 Å². The summed E-state index contributed by atoms with van der Waals surface area (Å²) in [4.78, 5) is 20.4. The number of carbonyl (C=O) groups excluding carboxylic acids is 1. The maximum atomic E-state index is 12.5. The second kappa shape index (κ2) is 8.40. The van der Waals surface area contributed by atoms with Gasteiger partial charge in [-0.3, -0.25) is 14.7 Å². The highest BCUT2D eigenvalue weighted by Crippen LogP contribution is 2.37. The van der Waals surface area contributed by atoms with Gasteiger partial charge in [0.2, 0.25) is 0 Å². The van der Waals surface area contributed by atoms with Gasteiger partial charge in [0.1, 0.15) is 5.69 Å². The molecule has 9 heteroatoms. The van der Waals surface area contributed by atoms with Crippen LogP contribution in [0.15, 0.2) is 47.5 Å². The standard InChI is InChI=1S/C19H21F3N4OS/c1-13-10-26(15-3-5-16(6-4-15)28-19(20,21)22)12-25(13)11-14-7-8-24-17(9-14)18(27)23-2/h3-9,13H,10-12H2,1-2H3,(H,23,27). The second-order valence-electron chi connectivity index (χ2n) is 6.63. The summed E-state index contributed by atoms with van der Waals surface area (Å²) in [6, 6.07) is 10.4. The first-order chi connectivity index (χ1) is 13.2. The molecule has 1 unspecified atom stereocenters. The molecule has 0 aliphatic carbocycles. The summed E-state index contributed by atoms with van der Waals surface area (Å²) in [5.41, 5.74) is -2.03. The van der Waals surface area contributed by atoms with Crippen LogP contribution in [0.2, 0.25) is 0 Å². The third-order valence-electron chi connectivity index (χ3n) is 4.57. The van der Waals surface area contributed by atoms with Gasteiger partial charge < -0.3 is 10.2 Å². The smallest absolute Gasteiger partial charge is 0.357 e. The Bertz CT molecular complexity index is 829. The average molecular weight is 410 g/mol. The van der Waals surface area contributed by atoms with E-state index in [2.05, 4.69) is 27.0 Å². The Morgan fingerprint density at radius 3 is 2.64 bits per heavy atom. The van der Waals surface area contributed by atoms with Crippen LogP contribution in [0.5, 0.6) is 0 Å². The molecule has 28 heavy (non-hydrogen) atoms. The largest absolute Gasteiger partial charge is 0.446 e. The molecule has 1 aliphatic heterocycles. The van der Waals surface area contributed by atoms with E-state index in [1.54, 1.807) is 31.4 Å². The van der Waals surface area contributed by atoms with Crippen molar-refractivity contribution in [2.24, 2.45) is 0 Å². The lowest BCUT2D eigenvalue weighted by Crippen LogP contribution is -2.28. The van der Waals surface area contributed by atoms with Gasteiger partial charge in [0.25, 0.3) is 5.91 Å². The first-order valence-corrected chi connectivity index (χ1v) is 9.58. The Kier molecular flexibility index (Phi) is 6.14. The van der Waals surface area contributed by atoms with Gasteiger partial charge in [0.15, 0.2) is 0 Å². The maximum Gasteiger partial charge on any atom is 0.446 e. The first-order valence-electron chi connectivity index (χ1n) is 8.77. The molecule has 0 radical (unpaired) electrons. The van der Waals surface area contributed by atoms with Gasteiger partial charge in [-0.25, -0.2) is 0 Å². The molecular weight excluding hydrogens is 389 g/mol. The number of nitrogens with zero attached hydrogens (tertiary/aromatic N) is 3. The molecule has 1 amide bonds. The van der Waals surface area contributed by atoms with Crippen LogP contribution >= 0.6 is 11.8 Å².